The molecule has 1 aliphatic carbocycles. The monoisotopic (exact) mass is 482 g/mol. The van der Waals surface area contributed by atoms with Gasteiger partial charge in [-0.2, -0.15) is 0 Å². The molecular formula is C24H27FN6O2S. The molecule has 1 aliphatic rings. The third-order valence-corrected chi connectivity index (χ3v) is 6.31. The average molecular weight is 483 g/mol. The van der Waals surface area contributed by atoms with E-state index in [-0.39, 0.29) is 23.7 Å². The molecule has 4 rings (SSSR count). The van der Waals surface area contributed by atoms with Crippen LogP contribution in [-0.2, 0) is 12.8 Å². The summed E-state index contributed by atoms with van der Waals surface area (Å²) in [5.74, 6) is -0.0908. The van der Waals surface area contributed by atoms with Crippen molar-refractivity contribution in [3.05, 3.63) is 70.1 Å². The first-order valence-electron chi connectivity index (χ1n) is 11.3. The first kappa shape index (κ1) is 23.8. The van der Waals surface area contributed by atoms with Gasteiger partial charge in [0, 0.05) is 35.4 Å². The summed E-state index contributed by atoms with van der Waals surface area (Å²) >= 11 is 1.45. The molecule has 1 aromatic carbocycles. The number of carbonyl (C=O) groups excluding carboxylic acids is 2. The Bertz CT molecular complexity index is 1150. The van der Waals surface area contributed by atoms with E-state index in [4.69, 9.17) is 5.73 Å². The number of amides is 2. The molecule has 0 spiro atoms. The van der Waals surface area contributed by atoms with E-state index in [2.05, 4.69) is 25.9 Å². The highest BCUT2D eigenvalue weighted by Crippen LogP contribution is 2.24. The maximum atomic E-state index is 14.3. The highest BCUT2D eigenvalue weighted by atomic mass is 32.1. The quantitative estimate of drug-likeness (QED) is 0.312. The van der Waals surface area contributed by atoms with Gasteiger partial charge in [0.05, 0.1) is 5.56 Å². The van der Waals surface area contributed by atoms with Gasteiger partial charge in [0.2, 0.25) is 0 Å². The fourth-order valence-corrected chi connectivity index (χ4v) is 4.08. The van der Waals surface area contributed by atoms with Crippen LogP contribution in [0.1, 0.15) is 50.4 Å². The summed E-state index contributed by atoms with van der Waals surface area (Å²) in [6, 6.07) is 8.17. The number of hydrogen-bond donors (Lipinski definition) is 4. The van der Waals surface area contributed by atoms with Crippen molar-refractivity contribution in [2.75, 3.05) is 18.4 Å². The third-order valence-electron chi connectivity index (χ3n) is 5.34. The maximum Gasteiger partial charge on any atom is 0.252 e. The van der Waals surface area contributed by atoms with Crippen molar-refractivity contribution in [1.82, 2.24) is 20.6 Å². The first-order chi connectivity index (χ1) is 16.5. The van der Waals surface area contributed by atoms with Crippen LogP contribution in [0.2, 0.25) is 0 Å². The number of rotatable bonds is 11. The lowest BCUT2D eigenvalue weighted by molar-refractivity contribution is 0.0943. The standard InChI is InChI=1S/C24H27FN6O2S/c25-20-8-3-16(23(33)30-18-5-6-18)12-15(20)2-7-19-14-29-24(34-19)31-21-9-4-17(13-28-21)22(32)27-11-1-10-26/h3-4,8-9,12-14,18H,1-2,5-7,10-11,26H2,(H,27,32)(H,30,33)(H,28,29,31). The average Bonchev–Trinajstić information content (AvgIpc) is 3.54. The van der Waals surface area contributed by atoms with E-state index >= 15 is 0 Å². The molecule has 0 atom stereocenters. The van der Waals surface area contributed by atoms with Crippen LogP contribution < -0.4 is 21.7 Å². The van der Waals surface area contributed by atoms with Gasteiger partial charge in [0.1, 0.15) is 11.6 Å². The summed E-state index contributed by atoms with van der Waals surface area (Å²) in [6.07, 6.45) is 7.04. The molecule has 0 saturated heterocycles. The summed E-state index contributed by atoms with van der Waals surface area (Å²) in [5, 5.41) is 9.49. The normalized spacial score (nSPS) is 12.9. The van der Waals surface area contributed by atoms with Crippen molar-refractivity contribution in [3.8, 4) is 0 Å². The Morgan fingerprint density at radius 3 is 2.62 bits per heavy atom. The number of aryl methyl sites for hydroxylation is 2. The number of aromatic nitrogens is 2. The molecular weight excluding hydrogens is 455 g/mol. The first-order valence-corrected chi connectivity index (χ1v) is 12.1. The van der Waals surface area contributed by atoms with E-state index in [1.807, 2.05) is 0 Å². The molecule has 2 amide bonds. The lowest BCUT2D eigenvalue weighted by Gasteiger charge is -2.07. The number of nitrogens with two attached hydrogens (primary N) is 1. The van der Waals surface area contributed by atoms with E-state index in [0.29, 0.717) is 53.6 Å². The van der Waals surface area contributed by atoms with Crippen LogP contribution in [0.5, 0.6) is 0 Å². The summed E-state index contributed by atoms with van der Waals surface area (Å²) in [6.45, 7) is 1.05. The highest BCUT2D eigenvalue weighted by molar-refractivity contribution is 7.15. The minimum atomic E-state index is -0.317. The zero-order valence-electron chi connectivity index (χ0n) is 18.6. The van der Waals surface area contributed by atoms with Gasteiger partial charge in [0.15, 0.2) is 5.13 Å². The molecule has 178 valence electrons. The van der Waals surface area contributed by atoms with Gasteiger partial charge < -0.3 is 21.7 Å². The van der Waals surface area contributed by atoms with E-state index in [1.54, 1.807) is 24.4 Å². The van der Waals surface area contributed by atoms with Crippen molar-refractivity contribution in [3.63, 3.8) is 0 Å². The van der Waals surface area contributed by atoms with Crippen LogP contribution in [0.25, 0.3) is 0 Å². The molecule has 2 heterocycles. The Labute approximate surface area is 201 Å². The number of anilines is 2. The summed E-state index contributed by atoms with van der Waals surface area (Å²) in [5.41, 5.74) is 6.89. The smallest absolute Gasteiger partial charge is 0.252 e. The van der Waals surface area contributed by atoms with Gasteiger partial charge in [-0.3, -0.25) is 9.59 Å². The fourth-order valence-electron chi connectivity index (χ4n) is 3.26. The minimum Gasteiger partial charge on any atom is -0.352 e. The van der Waals surface area contributed by atoms with E-state index in [9.17, 15) is 14.0 Å². The Kier molecular flexibility index (Phi) is 7.81. The molecule has 0 bridgehead atoms. The molecule has 0 aliphatic heterocycles. The number of thiazole rings is 1. The Balaban J connectivity index is 1.31. The molecule has 34 heavy (non-hydrogen) atoms. The lowest BCUT2D eigenvalue weighted by Crippen LogP contribution is -2.26. The molecule has 3 aromatic rings. The minimum absolute atomic E-state index is 0.153. The van der Waals surface area contributed by atoms with E-state index < -0.39 is 0 Å². The van der Waals surface area contributed by atoms with Gasteiger partial charge in [-0.1, -0.05) is 0 Å². The molecule has 2 aromatic heterocycles. The molecule has 5 N–H and O–H groups in total. The van der Waals surface area contributed by atoms with Gasteiger partial charge >= 0.3 is 0 Å². The largest absolute Gasteiger partial charge is 0.352 e. The molecule has 1 saturated carbocycles. The van der Waals surface area contributed by atoms with Crippen molar-refractivity contribution < 1.29 is 14.0 Å². The number of halogens is 1. The highest BCUT2D eigenvalue weighted by Gasteiger charge is 2.24. The number of nitrogens with zero attached hydrogens (tertiary/aromatic N) is 2. The van der Waals surface area contributed by atoms with Crippen LogP contribution in [0.3, 0.4) is 0 Å². The Morgan fingerprint density at radius 1 is 1.06 bits per heavy atom. The third kappa shape index (κ3) is 6.58. The molecule has 0 unspecified atom stereocenters. The van der Waals surface area contributed by atoms with Crippen LogP contribution in [-0.4, -0.2) is 40.9 Å². The van der Waals surface area contributed by atoms with Crippen molar-refractivity contribution >= 4 is 34.1 Å². The second-order valence-electron chi connectivity index (χ2n) is 8.14. The Morgan fingerprint density at radius 2 is 1.88 bits per heavy atom. The number of pyridine rings is 1. The summed E-state index contributed by atoms with van der Waals surface area (Å²) in [4.78, 5) is 33.9. The lowest BCUT2D eigenvalue weighted by atomic mass is 10.0. The van der Waals surface area contributed by atoms with Crippen molar-refractivity contribution in [2.45, 2.75) is 38.1 Å². The zero-order chi connectivity index (χ0) is 23.9. The van der Waals surface area contributed by atoms with Crippen LogP contribution in [0.4, 0.5) is 15.3 Å². The van der Waals surface area contributed by atoms with Crippen LogP contribution in [0.15, 0.2) is 42.7 Å². The van der Waals surface area contributed by atoms with Crippen molar-refractivity contribution in [1.29, 1.82) is 0 Å². The number of nitrogens with one attached hydrogen (secondary N) is 3. The van der Waals surface area contributed by atoms with E-state index in [1.165, 1.54) is 29.7 Å². The van der Waals surface area contributed by atoms with Gasteiger partial charge in [0.25, 0.3) is 11.8 Å². The SMILES string of the molecule is NCCCNC(=O)c1ccc(Nc2ncc(CCc3cc(C(=O)NC4CC4)ccc3F)s2)nc1. The topological polar surface area (TPSA) is 122 Å². The summed E-state index contributed by atoms with van der Waals surface area (Å²) in [7, 11) is 0. The van der Waals surface area contributed by atoms with E-state index in [0.717, 1.165) is 24.1 Å². The second kappa shape index (κ2) is 11.2. The number of benzene rings is 1. The zero-order valence-corrected chi connectivity index (χ0v) is 19.5. The van der Waals surface area contributed by atoms with Crippen molar-refractivity contribution in [2.24, 2.45) is 5.73 Å². The van der Waals surface area contributed by atoms with Crippen LogP contribution in [0, 0.1) is 5.82 Å². The predicted octanol–water partition coefficient (Wildman–Crippen LogP) is 3.18. The van der Waals surface area contributed by atoms with Gasteiger partial charge in [-0.25, -0.2) is 14.4 Å². The molecule has 10 heteroatoms. The maximum absolute atomic E-state index is 14.3. The molecule has 1 fully saturated rings. The summed E-state index contributed by atoms with van der Waals surface area (Å²) < 4.78 is 14.3. The molecule has 0 radical (unpaired) electrons. The Hall–Kier alpha value is -3.37. The van der Waals surface area contributed by atoms with Gasteiger partial charge in [-0.15, -0.1) is 11.3 Å². The predicted molar refractivity (Wildman–Crippen MR) is 130 cm³/mol. The fraction of sp³-hybridized carbons (Fsp3) is 0.333. The number of carbonyl (C=O) groups is 2. The number of hydrogen-bond acceptors (Lipinski definition) is 7. The van der Waals surface area contributed by atoms with Crippen LogP contribution >= 0.6 is 11.3 Å². The van der Waals surface area contributed by atoms with Gasteiger partial charge in [-0.05, 0) is 74.5 Å². The second-order valence-corrected chi connectivity index (χ2v) is 9.26. The molecule has 8 nitrogen and oxygen atoms in total.